The van der Waals surface area contributed by atoms with E-state index < -0.39 is 10.9 Å². The van der Waals surface area contributed by atoms with Gasteiger partial charge in [0.1, 0.15) is 6.10 Å². The van der Waals surface area contributed by atoms with Crippen molar-refractivity contribution in [3.8, 4) is 0 Å². The number of carbonyl (C=O) groups is 1. The lowest BCUT2D eigenvalue weighted by Gasteiger charge is -2.12. The second-order valence-electron chi connectivity index (χ2n) is 4.36. The summed E-state index contributed by atoms with van der Waals surface area (Å²) >= 11 is 3.15. The van der Waals surface area contributed by atoms with Crippen molar-refractivity contribution in [2.75, 3.05) is 20.1 Å². The molecule has 0 radical (unpaired) electrons. The number of nitrogens with zero attached hydrogens (tertiary/aromatic N) is 3. The van der Waals surface area contributed by atoms with E-state index in [-0.39, 0.29) is 17.5 Å². The number of ether oxygens (including phenoxy) is 1. The van der Waals surface area contributed by atoms with E-state index in [0.717, 1.165) is 19.0 Å². The number of likely N-dealkylation sites (N-methyl/N-ethyl adjacent to an activating group) is 1. The summed E-state index contributed by atoms with van der Waals surface area (Å²) in [4.78, 5) is 27.6. The number of esters is 1. The van der Waals surface area contributed by atoms with Crippen molar-refractivity contribution in [1.29, 1.82) is 0 Å². The number of aromatic nitrogens is 1. The van der Waals surface area contributed by atoms with Crippen LogP contribution in [0.3, 0.4) is 0 Å². The zero-order chi connectivity index (χ0) is 14.0. The van der Waals surface area contributed by atoms with Crippen LogP contribution in [0.5, 0.6) is 0 Å². The lowest BCUT2D eigenvalue weighted by atomic mass is 10.2. The van der Waals surface area contributed by atoms with E-state index >= 15 is 0 Å². The zero-order valence-corrected chi connectivity index (χ0v) is 11.8. The second-order valence-corrected chi connectivity index (χ2v) is 5.21. The van der Waals surface area contributed by atoms with Gasteiger partial charge in [0.25, 0.3) is 0 Å². The summed E-state index contributed by atoms with van der Waals surface area (Å²) in [5, 5.41) is 10.6. The largest absolute Gasteiger partial charge is 0.457 e. The number of carbonyl (C=O) groups excluding carboxylic acids is 1. The number of rotatable bonds is 3. The fourth-order valence-corrected chi connectivity index (χ4v) is 2.27. The number of hydrogen-bond donors (Lipinski definition) is 0. The van der Waals surface area contributed by atoms with Crippen LogP contribution in [0, 0.1) is 10.1 Å². The van der Waals surface area contributed by atoms with Gasteiger partial charge in [-0.05, 0) is 39.3 Å². The maximum Gasteiger partial charge on any atom is 0.364 e. The fraction of sp³-hybridized carbons (Fsp3) is 0.455. The Morgan fingerprint density at radius 2 is 2.42 bits per heavy atom. The average molecular weight is 330 g/mol. The summed E-state index contributed by atoms with van der Waals surface area (Å²) in [6, 6.07) is 1.12. The quantitative estimate of drug-likeness (QED) is 0.475. The van der Waals surface area contributed by atoms with Crippen LogP contribution in [0.4, 0.5) is 5.82 Å². The van der Waals surface area contributed by atoms with Gasteiger partial charge in [0.2, 0.25) is 0 Å². The van der Waals surface area contributed by atoms with Gasteiger partial charge in [-0.2, -0.15) is 0 Å². The maximum atomic E-state index is 12.0. The van der Waals surface area contributed by atoms with Crippen LogP contribution in [-0.2, 0) is 4.74 Å². The number of hydrogen-bond acceptors (Lipinski definition) is 6. The van der Waals surface area contributed by atoms with Crippen molar-refractivity contribution >= 4 is 27.7 Å². The van der Waals surface area contributed by atoms with Crippen molar-refractivity contribution in [2.24, 2.45) is 0 Å². The Morgan fingerprint density at radius 1 is 1.68 bits per heavy atom. The SMILES string of the molecule is CN1CCC(OC(=O)c2cc([N+](=O)[O-])ncc2Br)C1. The number of pyridine rings is 1. The molecule has 0 aliphatic carbocycles. The molecule has 1 atom stereocenters. The fourth-order valence-electron chi connectivity index (χ4n) is 1.89. The molecule has 8 heteroatoms. The highest BCUT2D eigenvalue weighted by Gasteiger charge is 2.26. The summed E-state index contributed by atoms with van der Waals surface area (Å²) < 4.78 is 5.71. The highest BCUT2D eigenvalue weighted by atomic mass is 79.9. The molecule has 0 spiro atoms. The monoisotopic (exact) mass is 329 g/mol. The molecule has 0 amide bonds. The molecular formula is C11H12BrN3O4. The lowest BCUT2D eigenvalue weighted by Crippen LogP contribution is -2.22. The first kappa shape index (κ1) is 13.9. The summed E-state index contributed by atoms with van der Waals surface area (Å²) in [6.07, 6.45) is 1.83. The molecule has 1 unspecified atom stereocenters. The van der Waals surface area contributed by atoms with Crippen LogP contribution in [-0.4, -0.2) is 47.0 Å². The van der Waals surface area contributed by atoms with Crippen LogP contribution in [0.1, 0.15) is 16.8 Å². The van der Waals surface area contributed by atoms with Gasteiger partial charge in [-0.15, -0.1) is 0 Å². The first-order valence-electron chi connectivity index (χ1n) is 5.67. The number of nitro groups is 1. The van der Waals surface area contributed by atoms with Gasteiger partial charge in [0, 0.05) is 13.1 Å². The Morgan fingerprint density at radius 3 is 3.00 bits per heavy atom. The highest BCUT2D eigenvalue weighted by molar-refractivity contribution is 9.10. The lowest BCUT2D eigenvalue weighted by molar-refractivity contribution is -0.389. The molecule has 0 N–H and O–H groups in total. The van der Waals surface area contributed by atoms with E-state index in [2.05, 4.69) is 25.8 Å². The van der Waals surface area contributed by atoms with Crippen LogP contribution in [0.15, 0.2) is 16.7 Å². The molecule has 1 aliphatic heterocycles. The molecule has 1 aliphatic rings. The molecular weight excluding hydrogens is 318 g/mol. The van der Waals surface area contributed by atoms with E-state index in [4.69, 9.17) is 4.74 Å². The predicted molar refractivity (Wildman–Crippen MR) is 69.9 cm³/mol. The Kier molecular flexibility index (Phi) is 4.11. The molecule has 0 aromatic carbocycles. The number of likely N-dealkylation sites (tertiary alicyclic amines) is 1. The third-order valence-corrected chi connectivity index (χ3v) is 3.50. The molecule has 19 heavy (non-hydrogen) atoms. The highest BCUT2D eigenvalue weighted by Crippen LogP contribution is 2.22. The van der Waals surface area contributed by atoms with Gasteiger partial charge in [-0.25, -0.2) is 4.79 Å². The van der Waals surface area contributed by atoms with Crippen molar-refractivity contribution in [3.05, 3.63) is 32.4 Å². The minimum atomic E-state index is -0.646. The molecule has 102 valence electrons. The summed E-state index contributed by atoms with van der Waals surface area (Å²) in [5.74, 6) is -0.948. The van der Waals surface area contributed by atoms with E-state index in [1.54, 1.807) is 0 Å². The third kappa shape index (κ3) is 3.27. The van der Waals surface area contributed by atoms with Gasteiger partial charge in [-0.3, -0.25) is 0 Å². The van der Waals surface area contributed by atoms with Crippen molar-refractivity contribution in [2.45, 2.75) is 12.5 Å². The van der Waals surface area contributed by atoms with Gasteiger partial charge in [-0.1, -0.05) is 0 Å². The Hall–Kier alpha value is -1.54. The van der Waals surface area contributed by atoms with Crippen LogP contribution < -0.4 is 0 Å². The van der Waals surface area contributed by atoms with E-state index in [1.165, 1.54) is 6.20 Å². The Labute approximate surface area is 117 Å². The maximum absolute atomic E-state index is 12.0. The minimum absolute atomic E-state index is 0.122. The van der Waals surface area contributed by atoms with Gasteiger partial charge in [0.05, 0.1) is 16.1 Å². The van der Waals surface area contributed by atoms with E-state index in [9.17, 15) is 14.9 Å². The van der Waals surface area contributed by atoms with Crippen molar-refractivity contribution < 1.29 is 14.5 Å². The smallest absolute Gasteiger partial charge is 0.364 e. The van der Waals surface area contributed by atoms with Gasteiger partial charge >= 0.3 is 11.8 Å². The molecule has 1 saturated heterocycles. The Balaban J connectivity index is 2.14. The van der Waals surface area contributed by atoms with Crippen molar-refractivity contribution in [3.63, 3.8) is 0 Å². The molecule has 7 nitrogen and oxygen atoms in total. The van der Waals surface area contributed by atoms with E-state index in [0.29, 0.717) is 11.0 Å². The minimum Gasteiger partial charge on any atom is -0.457 e. The summed E-state index contributed by atoms with van der Waals surface area (Å²) in [6.45, 7) is 1.55. The first-order chi connectivity index (χ1) is 8.97. The average Bonchev–Trinajstić information content (AvgIpc) is 2.74. The van der Waals surface area contributed by atoms with Gasteiger partial charge < -0.3 is 19.8 Å². The molecule has 0 saturated carbocycles. The number of halogens is 1. The molecule has 1 aromatic rings. The second kappa shape index (κ2) is 5.62. The van der Waals surface area contributed by atoms with Crippen LogP contribution in [0.25, 0.3) is 0 Å². The van der Waals surface area contributed by atoms with Crippen LogP contribution >= 0.6 is 15.9 Å². The topological polar surface area (TPSA) is 85.6 Å². The zero-order valence-electron chi connectivity index (χ0n) is 10.2. The Bertz CT molecular complexity index is 523. The van der Waals surface area contributed by atoms with E-state index in [1.807, 2.05) is 7.05 Å². The third-order valence-electron chi connectivity index (χ3n) is 2.87. The summed E-state index contributed by atoms with van der Waals surface area (Å²) in [7, 11) is 1.95. The van der Waals surface area contributed by atoms with Crippen LogP contribution in [0.2, 0.25) is 0 Å². The summed E-state index contributed by atoms with van der Waals surface area (Å²) in [5.41, 5.74) is 0.122. The van der Waals surface area contributed by atoms with Crippen molar-refractivity contribution in [1.82, 2.24) is 9.88 Å². The molecule has 2 heterocycles. The normalized spacial score (nSPS) is 19.4. The molecule has 1 aromatic heterocycles. The molecule has 0 bridgehead atoms. The molecule has 2 rings (SSSR count). The molecule has 1 fully saturated rings. The van der Waals surface area contributed by atoms with Gasteiger partial charge in [0.15, 0.2) is 6.20 Å². The first-order valence-corrected chi connectivity index (χ1v) is 6.46. The predicted octanol–water partition coefficient (Wildman–Crippen LogP) is 1.61. The standard InChI is InChI=1S/C11H12BrN3O4/c1-14-3-2-7(6-14)19-11(16)8-4-10(15(17)18)13-5-9(8)12/h4-5,7H,2-3,6H2,1H3.